The molecule has 0 aliphatic heterocycles. The van der Waals surface area contributed by atoms with Crippen molar-refractivity contribution >= 4 is 0 Å². The zero-order valence-corrected chi connectivity index (χ0v) is 89.2. The first-order chi connectivity index (χ1) is 64.5. The molecule has 2 aromatic carbocycles. The lowest BCUT2D eigenvalue weighted by Crippen LogP contribution is -2.07. The maximum absolute atomic E-state index is 10.2. The molecule has 8 heteroatoms. The van der Waals surface area contributed by atoms with Crippen LogP contribution < -0.4 is 28.4 Å². The molecule has 130 heavy (non-hydrogen) atoms. The van der Waals surface area contributed by atoms with Crippen molar-refractivity contribution in [3.05, 3.63) is 35.4 Å². The molecule has 2 aromatic rings. The van der Waals surface area contributed by atoms with Gasteiger partial charge in [-0.15, -0.1) is 0 Å². The Labute approximate surface area is 814 Å². The van der Waals surface area contributed by atoms with Gasteiger partial charge in [0.15, 0.2) is 23.0 Å². The van der Waals surface area contributed by atoms with Crippen LogP contribution in [0.2, 0.25) is 0 Å². The fourth-order valence-electron chi connectivity index (χ4n) is 19.1. The maximum atomic E-state index is 10.2. The quantitative estimate of drug-likeness (QED) is 0.0633. The van der Waals surface area contributed by atoms with Crippen molar-refractivity contribution < 1.29 is 38.6 Å². The average molecular weight is 1830 g/mol. The molecule has 2 rings (SSSR count). The summed E-state index contributed by atoms with van der Waals surface area (Å²) in [6.45, 7) is 17.9. The van der Waals surface area contributed by atoms with Gasteiger partial charge in [0.05, 0.1) is 52.9 Å². The summed E-state index contributed by atoms with van der Waals surface area (Å²) in [6.07, 6.45) is 131. The Balaban J connectivity index is 0.00000130. The summed E-state index contributed by atoms with van der Waals surface area (Å²) in [4.78, 5) is 0. The molecule has 2 N–H and O–H groups in total. The van der Waals surface area contributed by atoms with Gasteiger partial charge in [0.1, 0.15) is 0 Å². The topological polar surface area (TPSA) is 95.8 Å². The van der Waals surface area contributed by atoms with Gasteiger partial charge in [0.25, 0.3) is 0 Å². The third kappa shape index (κ3) is 89.1. The number of aliphatic hydroxyl groups excluding tert-OH is 2. The van der Waals surface area contributed by atoms with Gasteiger partial charge in [-0.2, -0.15) is 0 Å². The van der Waals surface area contributed by atoms with E-state index in [1.807, 2.05) is 24.3 Å². The Morgan fingerprint density at radius 1 is 0.131 bits per heavy atom. The van der Waals surface area contributed by atoms with E-state index in [-0.39, 0.29) is 13.2 Å². The molecule has 768 valence electrons. The van der Waals surface area contributed by atoms with Gasteiger partial charge in [-0.3, -0.25) is 0 Å². The van der Waals surface area contributed by atoms with Gasteiger partial charge in [-0.25, -0.2) is 0 Å². The normalized spacial score (nSPS) is 11.5. The molecule has 0 amide bonds. The maximum Gasteiger partial charge on any atom is 0.203 e. The van der Waals surface area contributed by atoms with Gasteiger partial charge in [-0.05, 0) is 73.9 Å². The molecule has 0 bridgehead atoms. The van der Waals surface area contributed by atoms with E-state index in [1.165, 1.54) is 578 Å². The van der Waals surface area contributed by atoms with Crippen LogP contribution in [-0.4, -0.2) is 49.9 Å². The SMILES string of the molecule is CCCCCCCCCCCCCCCCCCOc1cc(CO)cc(OCCCCCCCCCCCCCCCCCC)c1OCCCCCCCCCCCCCCCCCC.CCCCCCCCCCCCCCCCCCOc1cc(CO)cc(OCCCCCCCCCCCCCCCCCC)c1OCCCCCCCCCCCCCCCCCC. The molecule has 0 atom stereocenters. The minimum Gasteiger partial charge on any atom is -0.490 e. The van der Waals surface area contributed by atoms with Crippen LogP contribution in [0.4, 0.5) is 0 Å². The Kier molecular flexibility index (Phi) is 104. The summed E-state index contributed by atoms with van der Waals surface area (Å²) >= 11 is 0. The van der Waals surface area contributed by atoms with Crippen molar-refractivity contribution in [1.29, 1.82) is 0 Å². The Bertz CT molecular complexity index is 2160. The van der Waals surface area contributed by atoms with Crippen LogP contribution >= 0.6 is 0 Å². The van der Waals surface area contributed by atoms with E-state index in [4.69, 9.17) is 28.4 Å². The van der Waals surface area contributed by atoms with Crippen LogP contribution in [0, 0.1) is 0 Å². The minimum absolute atomic E-state index is 0.0236. The zero-order chi connectivity index (χ0) is 93.2. The fraction of sp³-hybridized carbons (Fsp3) is 0.902. The van der Waals surface area contributed by atoms with Crippen molar-refractivity contribution in [2.75, 3.05) is 39.6 Å². The van der Waals surface area contributed by atoms with Crippen LogP contribution in [0.5, 0.6) is 34.5 Å². The summed E-state index contributed by atoms with van der Waals surface area (Å²) in [7, 11) is 0. The number of aliphatic hydroxyl groups is 2. The number of ether oxygens (including phenoxy) is 6. The average Bonchev–Trinajstić information content (AvgIpc) is 0.831. The van der Waals surface area contributed by atoms with Crippen molar-refractivity contribution in [2.45, 2.75) is 671 Å². The highest BCUT2D eigenvalue weighted by molar-refractivity contribution is 5.55. The van der Waals surface area contributed by atoms with Crippen LogP contribution in [0.1, 0.15) is 669 Å². The molecule has 0 radical (unpaired) electrons. The summed E-state index contributed by atoms with van der Waals surface area (Å²) in [5.74, 6) is 4.48. The van der Waals surface area contributed by atoms with E-state index in [2.05, 4.69) is 41.5 Å². The monoisotopic (exact) mass is 1830 g/mol. The lowest BCUT2D eigenvalue weighted by Gasteiger charge is -2.18. The highest BCUT2D eigenvalue weighted by Crippen LogP contribution is 2.42. The molecule has 0 spiro atoms. The highest BCUT2D eigenvalue weighted by Gasteiger charge is 2.19. The molecular formula is C122H232O8. The summed E-state index contributed by atoms with van der Waals surface area (Å²) in [5.41, 5.74) is 1.67. The zero-order valence-electron chi connectivity index (χ0n) is 89.2. The summed E-state index contributed by atoms with van der Waals surface area (Å²) in [6, 6.07) is 7.93. The molecule has 0 saturated heterocycles. The van der Waals surface area contributed by atoms with Crippen LogP contribution in [0.3, 0.4) is 0 Å². The third-order valence-electron chi connectivity index (χ3n) is 28.0. The standard InChI is InChI=1S/2C61H116O4/c2*1-4-7-10-13-16-19-22-25-28-31-34-37-40-43-46-49-52-63-59-55-58(57-62)56-60(64-53-50-47-44-41-38-35-32-29-26-23-20-17-14-11-8-5-2)61(59)65-54-51-48-45-42-39-36-33-30-27-24-21-18-15-12-9-6-3/h2*55-56,62H,4-54,57H2,1-3H3. The highest BCUT2D eigenvalue weighted by atomic mass is 16.5. The molecule has 0 unspecified atom stereocenters. The van der Waals surface area contributed by atoms with Gasteiger partial charge >= 0.3 is 0 Å². The predicted molar refractivity (Wildman–Crippen MR) is 575 cm³/mol. The van der Waals surface area contributed by atoms with Gasteiger partial charge in [-0.1, -0.05) is 619 Å². The Morgan fingerprint density at radius 3 is 0.323 bits per heavy atom. The van der Waals surface area contributed by atoms with E-state index >= 15 is 0 Å². The van der Waals surface area contributed by atoms with Crippen LogP contribution in [0.15, 0.2) is 24.3 Å². The molecule has 0 heterocycles. The fourth-order valence-corrected chi connectivity index (χ4v) is 19.1. The Morgan fingerprint density at radius 2 is 0.223 bits per heavy atom. The van der Waals surface area contributed by atoms with E-state index in [0.717, 1.165) is 84.1 Å². The minimum atomic E-state index is -0.0236. The van der Waals surface area contributed by atoms with Crippen molar-refractivity contribution in [1.82, 2.24) is 0 Å². The van der Waals surface area contributed by atoms with Gasteiger partial charge < -0.3 is 38.6 Å². The number of hydrogen-bond acceptors (Lipinski definition) is 8. The molecule has 0 saturated carbocycles. The first kappa shape index (κ1) is 125. The van der Waals surface area contributed by atoms with E-state index in [9.17, 15) is 10.2 Å². The van der Waals surface area contributed by atoms with Crippen molar-refractivity contribution in [3.8, 4) is 34.5 Å². The van der Waals surface area contributed by atoms with Gasteiger partial charge in [0.2, 0.25) is 11.5 Å². The third-order valence-corrected chi connectivity index (χ3v) is 28.0. The van der Waals surface area contributed by atoms with Gasteiger partial charge in [0, 0.05) is 0 Å². The van der Waals surface area contributed by atoms with E-state index in [1.54, 1.807) is 0 Å². The molecule has 0 aliphatic rings. The molecular weight excluding hydrogens is 1590 g/mol. The second kappa shape index (κ2) is 108. The predicted octanol–water partition coefficient (Wildman–Crippen LogP) is 42.2. The van der Waals surface area contributed by atoms with Crippen LogP contribution in [-0.2, 0) is 13.2 Å². The second-order valence-electron chi connectivity index (χ2n) is 41.1. The molecule has 0 aromatic heterocycles. The number of unbranched alkanes of at least 4 members (excludes halogenated alkanes) is 90. The summed E-state index contributed by atoms with van der Waals surface area (Å²) in [5, 5.41) is 20.4. The summed E-state index contributed by atoms with van der Waals surface area (Å²) < 4.78 is 38.8. The second-order valence-corrected chi connectivity index (χ2v) is 41.1. The first-order valence-corrected chi connectivity index (χ1v) is 59.8. The van der Waals surface area contributed by atoms with E-state index < -0.39 is 0 Å². The lowest BCUT2D eigenvalue weighted by atomic mass is 10.0. The lowest BCUT2D eigenvalue weighted by molar-refractivity contribution is 0.231. The number of hydrogen-bond donors (Lipinski definition) is 2. The number of rotatable bonds is 110. The Hall–Kier alpha value is -2.84. The number of benzene rings is 2. The van der Waals surface area contributed by atoms with E-state index in [0.29, 0.717) is 39.6 Å². The largest absolute Gasteiger partial charge is 0.490 e. The molecule has 0 fully saturated rings. The molecule has 8 nitrogen and oxygen atoms in total. The molecule has 0 aliphatic carbocycles. The van der Waals surface area contributed by atoms with Crippen molar-refractivity contribution in [3.63, 3.8) is 0 Å². The first-order valence-electron chi connectivity index (χ1n) is 59.8. The smallest absolute Gasteiger partial charge is 0.203 e. The van der Waals surface area contributed by atoms with Crippen LogP contribution in [0.25, 0.3) is 0 Å². The van der Waals surface area contributed by atoms with Crippen molar-refractivity contribution in [2.24, 2.45) is 0 Å².